The summed E-state index contributed by atoms with van der Waals surface area (Å²) in [5, 5.41) is 3.91. The largest absolute Gasteiger partial charge is 0.268 e. The van der Waals surface area contributed by atoms with E-state index < -0.39 is 0 Å². The van der Waals surface area contributed by atoms with Crippen molar-refractivity contribution in [2.45, 2.75) is 0 Å². The van der Waals surface area contributed by atoms with E-state index in [0.29, 0.717) is 5.95 Å². The normalized spacial score (nSPS) is 10.4. The second-order valence-corrected chi connectivity index (χ2v) is 3.86. The Hall–Kier alpha value is -2.21. The van der Waals surface area contributed by atoms with Gasteiger partial charge in [-0.15, -0.1) is 0 Å². The first-order valence-corrected chi connectivity index (χ1v) is 5.82. The van der Waals surface area contributed by atoms with Crippen molar-refractivity contribution in [1.29, 1.82) is 0 Å². The molecule has 0 aliphatic rings. The summed E-state index contributed by atoms with van der Waals surface area (Å²) in [4.78, 5) is 19.2. The molecule has 2 aromatic rings. The minimum atomic E-state index is -0.261. The summed E-state index contributed by atoms with van der Waals surface area (Å²) >= 11 is 1.58. The lowest BCUT2D eigenvalue weighted by atomic mass is 10.3. The highest BCUT2D eigenvalue weighted by Crippen LogP contribution is 2.07. The second-order valence-electron chi connectivity index (χ2n) is 3.08. The van der Waals surface area contributed by atoms with Gasteiger partial charge >= 0.3 is 0 Å². The molecule has 2 heterocycles. The SMILES string of the molecule is O=C(/C=C\c1ccsc1)NNc1ncccn1. The number of hydrogen-bond acceptors (Lipinski definition) is 5. The predicted octanol–water partition coefficient (Wildman–Crippen LogP) is 1.69. The molecule has 17 heavy (non-hydrogen) atoms. The lowest BCUT2D eigenvalue weighted by molar-refractivity contribution is -0.116. The zero-order valence-electron chi connectivity index (χ0n) is 8.83. The van der Waals surface area contributed by atoms with E-state index in [0.717, 1.165) is 5.56 Å². The molecule has 0 saturated heterocycles. The van der Waals surface area contributed by atoms with Crippen LogP contribution >= 0.6 is 11.3 Å². The van der Waals surface area contributed by atoms with Gasteiger partial charge in [0, 0.05) is 18.5 Å². The zero-order valence-corrected chi connectivity index (χ0v) is 9.65. The molecule has 0 fully saturated rings. The van der Waals surface area contributed by atoms with Crippen LogP contribution in [0.4, 0.5) is 5.95 Å². The number of nitrogens with one attached hydrogen (secondary N) is 2. The molecule has 6 heteroatoms. The Morgan fingerprint density at radius 2 is 2.18 bits per heavy atom. The van der Waals surface area contributed by atoms with Gasteiger partial charge in [0.1, 0.15) is 0 Å². The molecular weight excluding hydrogens is 236 g/mol. The number of amides is 1. The van der Waals surface area contributed by atoms with Gasteiger partial charge in [-0.05, 0) is 34.5 Å². The van der Waals surface area contributed by atoms with Gasteiger partial charge in [-0.25, -0.2) is 9.97 Å². The van der Waals surface area contributed by atoms with Crippen molar-refractivity contribution in [3.8, 4) is 0 Å². The van der Waals surface area contributed by atoms with Crippen LogP contribution in [0.1, 0.15) is 5.56 Å². The number of carbonyl (C=O) groups excluding carboxylic acids is 1. The number of nitrogens with zero attached hydrogens (tertiary/aromatic N) is 2. The Morgan fingerprint density at radius 1 is 1.35 bits per heavy atom. The van der Waals surface area contributed by atoms with Crippen LogP contribution < -0.4 is 10.9 Å². The fourth-order valence-electron chi connectivity index (χ4n) is 1.06. The van der Waals surface area contributed by atoms with E-state index in [4.69, 9.17) is 0 Å². The van der Waals surface area contributed by atoms with E-state index in [1.807, 2.05) is 16.8 Å². The molecule has 0 unspecified atom stereocenters. The van der Waals surface area contributed by atoms with Gasteiger partial charge in [-0.3, -0.25) is 15.6 Å². The average molecular weight is 246 g/mol. The minimum Gasteiger partial charge on any atom is -0.268 e. The molecule has 0 bridgehead atoms. The van der Waals surface area contributed by atoms with Crippen LogP contribution in [0, 0.1) is 0 Å². The molecule has 0 atom stereocenters. The first kappa shape index (κ1) is 11.3. The van der Waals surface area contributed by atoms with Crippen LogP contribution in [0.15, 0.2) is 41.4 Å². The van der Waals surface area contributed by atoms with Crippen molar-refractivity contribution in [3.05, 3.63) is 46.9 Å². The Balaban J connectivity index is 1.82. The molecule has 5 nitrogen and oxygen atoms in total. The van der Waals surface area contributed by atoms with Crippen LogP contribution in [0.3, 0.4) is 0 Å². The fraction of sp³-hybridized carbons (Fsp3) is 0. The van der Waals surface area contributed by atoms with Crippen LogP contribution in [0.5, 0.6) is 0 Å². The molecule has 86 valence electrons. The highest BCUT2D eigenvalue weighted by atomic mass is 32.1. The fourth-order valence-corrected chi connectivity index (χ4v) is 1.69. The summed E-state index contributed by atoms with van der Waals surface area (Å²) in [6.07, 6.45) is 6.35. The Bertz CT molecular complexity index is 495. The van der Waals surface area contributed by atoms with Gasteiger partial charge in [-0.1, -0.05) is 0 Å². The number of rotatable bonds is 4. The molecule has 0 aliphatic carbocycles. The van der Waals surface area contributed by atoms with E-state index in [-0.39, 0.29) is 5.91 Å². The standard InChI is InChI=1S/C11H10N4OS/c16-10(3-2-9-4-7-17-8-9)14-15-11-12-5-1-6-13-11/h1-8H,(H,14,16)(H,12,13,15)/b3-2-. The molecule has 0 spiro atoms. The van der Waals surface area contributed by atoms with Gasteiger partial charge in [0.25, 0.3) is 5.91 Å². The smallest absolute Gasteiger partial charge is 0.262 e. The first-order chi connectivity index (χ1) is 8.34. The molecular formula is C11H10N4OS. The van der Waals surface area contributed by atoms with Crippen LogP contribution in [-0.4, -0.2) is 15.9 Å². The monoisotopic (exact) mass is 246 g/mol. The van der Waals surface area contributed by atoms with Crippen LogP contribution in [0.25, 0.3) is 6.08 Å². The van der Waals surface area contributed by atoms with Gasteiger partial charge in [0.05, 0.1) is 0 Å². The van der Waals surface area contributed by atoms with E-state index >= 15 is 0 Å². The third kappa shape index (κ3) is 3.69. The van der Waals surface area contributed by atoms with Gasteiger partial charge < -0.3 is 0 Å². The van der Waals surface area contributed by atoms with E-state index in [9.17, 15) is 4.79 Å². The van der Waals surface area contributed by atoms with Crippen molar-refractivity contribution in [1.82, 2.24) is 15.4 Å². The topological polar surface area (TPSA) is 66.9 Å². The van der Waals surface area contributed by atoms with Crippen molar-refractivity contribution in [2.75, 3.05) is 5.43 Å². The van der Waals surface area contributed by atoms with Crippen molar-refractivity contribution >= 4 is 29.3 Å². The second kappa shape index (κ2) is 5.76. The summed E-state index contributed by atoms with van der Waals surface area (Å²) in [5.41, 5.74) is 6.07. The van der Waals surface area contributed by atoms with Crippen LogP contribution in [0.2, 0.25) is 0 Å². The summed E-state index contributed by atoms with van der Waals surface area (Å²) in [6, 6.07) is 3.63. The van der Waals surface area contributed by atoms with E-state index in [2.05, 4.69) is 20.8 Å². The third-order valence-corrected chi connectivity index (χ3v) is 2.54. The van der Waals surface area contributed by atoms with Gasteiger partial charge in [0.15, 0.2) is 0 Å². The average Bonchev–Trinajstić information content (AvgIpc) is 2.88. The summed E-state index contributed by atoms with van der Waals surface area (Å²) in [5.74, 6) is 0.0911. The lowest BCUT2D eigenvalue weighted by Gasteiger charge is -2.02. The maximum atomic E-state index is 11.4. The minimum absolute atomic E-state index is 0.261. The Labute approximate surface area is 102 Å². The molecule has 0 aromatic carbocycles. The van der Waals surface area contributed by atoms with Gasteiger partial charge in [-0.2, -0.15) is 11.3 Å². The highest BCUT2D eigenvalue weighted by molar-refractivity contribution is 7.08. The maximum absolute atomic E-state index is 11.4. The quantitative estimate of drug-likeness (QED) is 0.636. The summed E-state index contributed by atoms with van der Waals surface area (Å²) in [6.45, 7) is 0. The zero-order chi connectivity index (χ0) is 11.9. The molecule has 2 aromatic heterocycles. The first-order valence-electron chi connectivity index (χ1n) is 4.88. The molecule has 2 rings (SSSR count). The predicted molar refractivity (Wildman–Crippen MR) is 67.2 cm³/mol. The Kier molecular flexibility index (Phi) is 3.82. The summed E-state index contributed by atoms with van der Waals surface area (Å²) < 4.78 is 0. The maximum Gasteiger partial charge on any atom is 0.262 e. The molecule has 0 radical (unpaired) electrons. The molecule has 0 saturated carbocycles. The van der Waals surface area contributed by atoms with E-state index in [1.165, 1.54) is 6.08 Å². The van der Waals surface area contributed by atoms with Crippen molar-refractivity contribution < 1.29 is 4.79 Å². The number of hydrazine groups is 1. The van der Waals surface area contributed by atoms with Gasteiger partial charge in [0.2, 0.25) is 5.95 Å². The molecule has 2 N–H and O–H groups in total. The highest BCUT2D eigenvalue weighted by Gasteiger charge is 1.96. The lowest BCUT2D eigenvalue weighted by Crippen LogP contribution is -2.28. The third-order valence-electron chi connectivity index (χ3n) is 1.83. The molecule has 1 amide bonds. The number of aromatic nitrogens is 2. The number of anilines is 1. The summed E-state index contributed by atoms with van der Waals surface area (Å²) in [7, 11) is 0. The number of hydrogen-bond donors (Lipinski definition) is 2. The van der Waals surface area contributed by atoms with Crippen molar-refractivity contribution in [2.24, 2.45) is 0 Å². The van der Waals surface area contributed by atoms with E-state index in [1.54, 1.807) is 35.9 Å². The molecule has 0 aliphatic heterocycles. The number of carbonyl (C=O) groups is 1. The number of thiophene rings is 1. The van der Waals surface area contributed by atoms with Crippen molar-refractivity contribution in [3.63, 3.8) is 0 Å². The van der Waals surface area contributed by atoms with Crippen LogP contribution in [-0.2, 0) is 4.79 Å². The Morgan fingerprint density at radius 3 is 2.88 bits per heavy atom.